The lowest BCUT2D eigenvalue weighted by molar-refractivity contribution is -0.146. The first-order valence-electron chi connectivity index (χ1n) is 11.6. The van der Waals surface area contributed by atoms with Crippen LogP contribution in [0.3, 0.4) is 0 Å². The van der Waals surface area contributed by atoms with Crippen LogP contribution in [0.4, 0.5) is 0 Å². The Kier molecular flexibility index (Phi) is 6.89. The van der Waals surface area contributed by atoms with E-state index in [0.29, 0.717) is 30.9 Å². The molecule has 0 aromatic rings. The van der Waals surface area contributed by atoms with Crippen LogP contribution in [0.15, 0.2) is 0 Å². The number of rotatable bonds is 4. The smallest absolute Gasteiger partial charge is 0.240 e. The second kappa shape index (κ2) is 9.57. The third-order valence-corrected chi connectivity index (χ3v) is 7.40. The highest BCUT2D eigenvalue weighted by Crippen LogP contribution is 2.32. The maximum Gasteiger partial charge on any atom is 0.240 e. The normalized spacial score (nSPS) is 27.1. The molecular formula is C22H37N3O3. The van der Waals surface area contributed by atoms with Gasteiger partial charge < -0.3 is 14.5 Å². The largest absolute Gasteiger partial charge is 0.378 e. The predicted molar refractivity (Wildman–Crippen MR) is 108 cm³/mol. The minimum absolute atomic E-state index is 0.00697. The fraction of sp³-hybridized carbons (Fsp3) is 0.909. The number of carbonyl (C=O) groups excluding carboxylic acids is 2. The van der Waals surface area contributed by atoms with Gasteiger partial charge >= 0.3 is 0 Å². The summed E-state index contributed by atoms with van der Waals surface area (Å²) in [5, 5.41) is 0. The highest BCUT2D eigenvalue weighted by molar-refractivity contribution is 5.82. The van der Waals surface area contributed by atoms with Crippen molar-refractivity contribution >= 4 is 11.8 Å². The van der Waals surface area contributed by atoms with Crippen molar-refractivity contribution < 1.29 is 14.3 Å². The Hall–Kier alpha value is -1.14. The van der Waals surface area contributed by atoms with Crippen molar-refractivity contribution in [3.8, 4) is 0 Å². The Bertz CT molecular complexity index is 529. The second-order valence-electron chi connectivity index (χ2n) is 9.12. The molecule has 2 saturated carbocycles. The van der Waals surface area contributed by atoms with Gasteiger partial charge in [0.1, 0.15) is 0 Å². The quantitative estimate of drug-likeness (QED) is 0.737. The molecule has 2 amide bonds. The summed E-state index contributed by atoms with van der Waals surface area (Å²) in [6.07, 6.45) is 10.7. The number of morpholine rings is 1. The van der Waals surface area contributed by atoms with Crippen molar-refractivity contribution in [2.45, 2.75) is 63.8 Å². The molecule has 2 saturated heterocycles. The predicted octanol–water partition coefficient (Wildman–Crippen LogP) is 2.13. The van der Waals surface area contributed by atoms with Crippen LogP contribution in [0.5, 0.6) is 0 Å². The van der Waals surface area contributed by atoms with Gasteiger partial charge in [0.15, 0.2) is 0 Å². The Morgan fingerprint density at radius 1 is 0.714 bits per heavy atom. The van der Waals surface area contributed by atoms with E-state index in [-0.39, 0.29) is 12.0 Å². The second-order valence-corrected chi connectivity index (χ2v) is 9.12. The molecule has 0 spiro atoms. The van der Waals surface area contributed by atoms with Crippen LogP contribution in [-0.2, 0) is 14.3 Å². The average molecular weight is 392 g/mol. The minimum atomic E-state index is 0.00697. The summed E-state index contributed by atoms with van der Waals surface area (Å²) in [6, 6.07) is 0.00697. The molecule has 0 aromatic heterocycles. The standard InChI is InChI=1S/C22H37N3O3/c26-21(19-8-2-1-3-9-19)24-12-10-23(11-13-24)20(18-6-4-5-7-18)22(27)25-14-16-28-17-15-25/h18-20H,1-17H2. The molecule has 28 heavy (non-hydrogen) atoms. The molecule has 2 aliphatic carbocycles. The SMILES string of the molecule is O=C(C1CCCCC1)N1CCN(C(C(=O)N2CCOCC2)C2CCCC2)CC1. The van der Waals surface area contributed by atoms with Crippen LogP contribution in [0, 0.1) is 11.8 Å². The molecular weight excluding hydrogens is 354 g/mol. The molecule has 0 bridgehead atoms. The van der Waals surface area contributed by atoms with Gasteiger partial charge in [0.25, 0.3) is 0 Å². The zero-order chi connectivity index (χ0) is 19.3. The Morgan fingerprint density at radius 2 is 1.32 bits per heavy atom. The molecule has 2 heterocycles. The summed E-state index contributed by atoms with van der Waals surface area (Å²) in [7, 11) is 0. The topological polar surface area (TPSA) is 53.1 Å². The van der Waals surface area contributed by atoms with Crippen molar-refractivity contribution in [1.82, 2.24) is 14.7 Å². The number of nitrogens with zero attached hydrogens (tertiary/aromatic N) is 3. The van der Waals surface area contributed by atoms with Crippen LogP contribution < -0.4 is 0 Å². The van der Waals surface area contributed by atoms with Gasteiger partial charge in [-0.2, -0.15) is 0 Å². The Balaban J connectivity index is 1.37. The number of hydrogen-bond acceptors (Lipinski definition) is 4. The van der Waals surface area contributed by atoms with Crippen LogP contribution >= 0.6 is 0 Å². The first-order chi connectivity index (χ1) is 13.7. The lowest BCUT2D eigenvalue weighted by Gasteiger charge is -2.43. The summed E-state index contributed by atoms with van der Waals surface area (Å²) in [5.41, 5.74) is 0. The van der Waals surface area contributed by atoms with Gasteiger partial charge in [-0.25, -0.2) is 0 Å². The van der Waals surface area contributed by atoms with Crippen molar-refractivity contribution in [2.24, 2.45) is 11.8 Å². The zero-order valence-corrected chi connectivity index (χ0v) is 17.3. The van der Waals surface area contributed by atoms with Crippen molar-refractivity contribution in [1.29, 1.82) is 0 Å². The first kappa shape index (κ1) is 20.1. The summed E-state index contributed by atoms with van der Waals surface area (Å²) in [4.78, 5) is 32.8. The van der Waals surface area contributed by atoms with Crippen LogP contribution in [0.1, 0.15) is 57.8 Å². The molecule has 4 rings (SSSR count). The Labute approximate surface area is 169 Å². The van der Waals surface area contributed by atoms with Gasteiger partial charge in [-0.3, -0.25) is 14.5 Å². The lowest BCUT2D eigenvalue weighted by Crippen LogP contribution is -2.60. The van der Waals surface area contributed by atoms with E-state index in [2.05, 4.69) is 9.80 Å². The molecule has 6 heteroatoms. The minimum Gasteiger partial charge on any atom is -0.378 e. The number of piperazine rings is 1. The molecule has 4 fully saturated rings. The van der Waals surface area contributed by atoms with Gasteiger partial charge in [-0.05, 0) is 31.6 Å². The molecule has 4 aliphatic rings. The number of ether oxygens (including phenoxy) is 1. The van der Waals surface area contributed by atoms with E-state index in [4.69, 9.17) is 4.74 Å². The Morgan fingerprint density at radius 3 is 1.96 bits per heavy atom. The van der Waals surface area contributed by atoms with Gasteiger partial charge in [0.05, 0.1) is 19.3 Å². The molecule has 0 radical (unpaired) electrons. The fourth-order valence-corrected chi connectivity index (χ4v) is 5.73. The molecule has 0 N–H and O–H groups in total. The van der Waals surface area contributed by atoms with E-state index in [0.717, 1.165) is 52.1 Å². The molecule has 1 atom stereocenters. The average Bonchev–Trinajstić information content (AvgIpc) is 3.29. The van der Waals surface area contributed by atoms with Gasteiger partial charge in [0.2, 0.25) is 11.8 Å². The molecule has 0 aromatic carbocycles. The van der Waals surface area contributed by atoms with E-state index in [9.17, 15) is 9.59 Å². The van der Waals surface area contributed by atoms with E-state index in [1.807, 2.05) is 4.90 Å². The van der Waals surface area contributed by atoms with E-state index in [1.54, 1.807) is 0 Å². The number of hydrogen-bond donors (Lipinski definition) is 0. The third kappa shape index (κ3) is 4.54. The van der Waals surface area contributed by atoms with Crippen LogP contribution in [-0.4, -0.2) is 85.0 Å². The van der Waals surface area contributed by atoms with Gasteiger partial charge in [-0.15, -0.1) is 0 Å². The van der Waals surface area contributed by atoms with Crippen molar-refractivity contribution in [3.63, 3.8) is 0 Å². The van der Waals surface area contributed by atoms with Crippen LogP contribution in [0.25, 0.3) is 0 Å². The third-order valence-electron chi connectivity index (χ3n) is 7.40. The highest BCUT2D eigenvalue weighted by atomic mass is 16.5. The van der Waals surface area contributed by atoms with E-state index in [1.165, 1.54) is 44.9 Å². The summed E-state index contributed by atoms with van der Waals surface area (Å²) in [6.45, 7) is 6.03. The fourth-order valence-electron chi connectivity index (χ4n) is 5.73. The molecule has 2 aliphatic heterocycles. The first-order valence-corrected chi connectivity index (χ1v) is 11.6. The maximum absolute atomic E-state index is 13.4. The monoisotopic (exact) mass is 391 g/mol. The lowest BCUT2D eigenvalue weighted by atomic mass is 9.88. The highest BCUT2D eigenvalue weighted by Gasteiger charge is 2.40. The van der Waals surface area contributed by atoms with Crippen LogP contribution in [0.2, 0.25) is 0 Å². The van der Waals surface area contributed by atoms with E-state index >= 15 is 0 Å². The van der Waals surface area contributed by atoms with Gasteiger partial charge in [-0.1, -0.05) is 32.1 Å². The molecule has 1 unspecified atom stereocenters. The molecule has 6 nitrogen and oxygen atoms in total. The number of carbonyl (C=O) groups is 2. The maximum atomic E-state index is 13.4. The van der Waals surface area contributed by atoms with E-state index < -0.39 is 0 Å². The van der Waals surface area contributed by atoms with Crippen molar-refractivity contribution in [3.05, 3.63) is 0 Å². The van der Waals surface area contributed by atoms with Crippen molar-refractivity contribution in [2.75, 3.05) is 52.5 Å². The van der Waals surface area contributed by atoms with Gasteiger partial charge in [0, 0.05) is 45.2 Å². The molecule has 158 valence electrons. The summed E-state index contributed by atoms with van der Waals surface area (Å²) in [5.74, 6) is 1.41. The zero-order valence-electron chi connectivity index (χ0n) is 17.3. The number of amides is 2. The summed E-state index contributed by atoms with van der Waals surface area (Å²) < 4.78 is 5.45. The summed E-state index contributed by atoms with van der Waals surface area (Å²) >= 11 is 0.